The van der Waals surface area contributed by atoms with E-state index < -0.39 is 0 Å². The van der Waals surface area contributed by atoms with Gasteiger partial charge in [-0.05, 0) is 59.9 Å². The first-order valence-electron chi connectivity index (χ1n) is 13.6. The van der Waals surface area contributed by atoms with Crippen molar-refractivity contribution in [1.82, 2.24) is 29.3 Å². The molecule has 0 radical (unpaired) electrons. The number of rotatable bonds is 11. The van der Waals surface area contributed by atoms with Crippen molar-refractivity contribution in [3.8, 4) is 0 Å². The standard InChI is InChI=1S/C28H44N8/c1-20(2)35(21(3)4)17-14-29-26-25-27(36(19-30-25)22(5)6)33-28(32-26)31-24-12-15-34(16-13-24)18-23-10-8-7-9-11-23/h7-11,19-22,24H,12-18H2,1-6H3,(H2,29,31,32,33). The molecule has 2 aromatic heterocycles. The maximum absolute atomic E-state index is 4.91. The Morgan fingerprint density at radius 2 is 1.67 bits per heavy atom. The summed E-state index contributed by atoms with van der Waals surface area (Å²) in [4.78, 5) is 19.5. The molecule has 8 nitrogen and oxygen atoms in total. The third-order valence-corrected chi connectivity index (χ3v) is 7.14. The summed E-state index contributed by atoms with van der Waals surface area (Å²) in [6, 6.07) is 12.4. The molecule has 0 amide bonds. The first-order valence-corrected chi connectivity index (χ1v) is 13.6. The lowest BCUT2D eigenvalue weighted by Gasteiger charge is -2.32. The lowest BCUT2D eigenvalue weighted by molar-refractivity contribution is 0.182. The molecule has 8 heteroatoms. The maximum atomic E-state index is 4.91. The van der Waals surface area contributed by atoms with Crippen LogP contribution in [-0.4, -0.2) is 73.6 Å². The van der Waals surface area contributed by atoms with Crippen molar-refractivity contribution >= 4 is 22.9 Å². The van der Waals surface area contributed by atoms with E-state index in [9.17, 15) is 0 Å². The monoisotopic (exact) mass is 492 g/mol. The Morgan fingerprint density at radius 3 is 2.31 bits per heavy atom. The van der Waals surface area contributed by atoms with Gasteiger partial charge in [0, 0.05) is 56.9 Å². The lowest BCUT2D eigenvalue weighted by atomic mass is 10.0. The van der Waals surface area contributed by atoms with Crippen LogP contribution in [0.4, 0.5) is 11.8 Å². The molecule has 1 aliphatic rings. The minimum atomic E-state index is 0.282. The third kappa shape index (κ3) is 6.53. The van der Waals surface area contributed by atoms with Gasteiger partial charge in [0.25, 0.3) is 0 Å². The molecule has 2 N–H and O–H groups in total. The van der Waals surface area contributed by atoms with Crippen molar-refractivity contribution in [2.75, 3.05) is 36.8 Å². The molecule has 0 bridgehead atoms. The van der Waals surface area contributed by atoms with E-state index in [1.54, 1.807) is 0 Å². The van der Waals surface area contributed by atoms with Crippen LogP contribution in [0.5, 0.6) is 0 Å². The molecule has 196 valence electrons. The van der Waals surface area contributed by atoms with Gasteiger partial charge in [-0.25, -0.2) is 4.98 Å². The van der Waals surface area contributed by atoms with E-state index in [0.717, 1.165) is 62.5 Å². The number of anilines is 2. The Morgan fingerprint density at radius 1 is 0.972 bits per heavy atom. The molecule has 0 aliphatic carbocycles. The molecule has 0 atom stereocenters. The lowest BCUT2D eigenvalue weighted by Crippen LogP contribution is -2.40. The molecule has 1 fully saturated rings. The van der Waals surface area contributed by atoms with Crippen LogP contribution in [0.1, 0.15) is 66.0 Å². The average molecular weight is 493 g/mol. The number of hydrogen-bond acceptors (Lipinski definition) is 7. The predicted octanol–water partition coefficient (Wildman–Crippen LogP) is 5.01. The molecule has 3 aromatic rings. The number of likely N-dealkylation sites (tertiary alicyclic amines) is 1. The molecule has 36 heavy (non-hydrogen) atoms. The predicted molar refractivity (Wildman–Crippen MR) is 150 cm³/mol. The van der Waals surface area contributed by atoms with Gasteiger partial charge in [-0.15, -0.1) is 0 Å². The van der Waals surface area contributed by atoms with Crippen molar-refractivity contribution in [1.29, 1.82) is 0 Å². The van der Waals surface area contributed by atoms with E-state index in [2.05, 4.69) is 102 Å². The highest BCUT2D eigenvalue weighted by molar-refractivity contribution is 5.84. The van der Waals surface area contributed by atoms with Crippen molar-refractivity contribution in [3.63, 3.8) is 0 Å². The van der Waals surface area contributed by atoms with Crippen LogP contribution in [0.15, 0.2) is 36.7 Å². The van der Waals surface area contributed by atoms with Gasteiger partial charge in [-0.1, -0.05) is 30.3 Å². The first kappa shape index (κ1) is 26.4. The topological polar surface area (TPSA) is 74.1 Å². The number of aromatic nitrogens is 4. The SMILES string of the molecule is CC(C)N(CCNc1nc(NC2CCN(Cc3ccccc3)CC2)nc2c1ncn2C(C)C)C(C)C. The molecule has 0 unspecified atom stereocenters. The van der Waals surface area contributed by atoms with Gasteiger partial charge in [0.05, 0.1) is 6.33 Å². The second-order valence-electron chi connectivity index (χ2n) is 10.8. The van der Waals surface area contributed by atoms with E-state index in [1.165, 1.54) is 5.56 Å². The Kier molecular flexibility index (Phi) is 8.80. The summed E-state index contributed by atoms with van der Waals surface area (Å²) in [7, 11) is 0. The minimum absolute atomic E-state index is 0.282. The number of imidazole rings is 1. The highest BCUT2D eigenvalue weighted by atomic mass is 15.2. The number of hydrogen-bond donors (Lipinski definition) is 2. The maximum Gasteiger partial charge on any atom is 0.227 e. The van der Waals surface area contributed by atoms with Gasteiger partial charge in [-0.2, -0.15) is 9.97 Å². The summed E-state index contributed by atoms with van der Waals surface area (Å²) in [6.45, 7) is 18.3. The summed E-state index contributed by atoms with van der Waals surface area (Å²) >= 11 is 0. The fraction of sp³-hybridized carbons (Fsp3) is 0.607. The summed E-state index contributed by atoms with van der Waals surface area (Å²) in [5.41, 5.74) is 3.10. The molecular weight excluding hydrogens is 448 g/mol. The Balaban J connectivity index is 1.44. The number of nitrogens with one attached hydrogen (secondary N) is 2. The number of benzene rings is 1. The smallest absolute Gasteiger partial charge is 0.227 e. The van der Waals surface area contributed by atoms with E-state index in [-0.39, 0.29) is 6.04 Å². The van der Waals surface area contributed by atoms with Gasteiger partial charge in [0.1, 0.15) is 0 Å². The molecule has 1 saturated heterocycles. The zero-order chi connectivity index (χ0) is 25.7. The van der Waals surface area contributed by atoms with Crippen molar-refractivity contribution in [3.05, 3.63) is 42.2 Å². The van der Waals surface area contributed by atoms with Gasteiger partial charge in [0.2, 0.25) is 5.95 Å². The van der Waals surface area contributed by atoms with E-state index in [1.807, 2.05) is 6.33 Å². The highest BCUT2D eigenvalue weighted by Gasteiger charge is 2.22. The largest absolute Gasteiger partial charge is 0.367 e. The third-order valence-electron chi connectivity index (χ3n) is 7.14. The number of nitrogens with zero attached hydrogens (tertiary/aromatic N) is 6. The fourth-order valence-electron chi connectivity index (χ4n) is 5.16. The van der Waals surface area contributed by atoms with Crippen molar-refractivity contribution < 1.29 is 0 Å². The van der Waals surface area contributed by atoms with Crippen LogP contribution in [0.25, 0.3) is 11.2 Å². The number of fused-ring (bicyclic) bond motifs is 1. The summed E-state index contributed by atoms with van der Waals surface area (Å²) < 4.78 is 2.13. The molecule has 1 aromatic carbocycles. The second kappa shape index (κ2) is 12.0. The summed E-state index contributed by atoms with van der Waals surface area (Å²) in [5, 5.41) is 7.22. The highest BCUT2D eigenvalue weighted by Crippen LogP contribution is 2.25. The van der Waals surface area contributed by atoms with Gasteiger partial charge in [-0.3, -0.25) is 9.80 Å². The summed E-state index contributed by atoms with van der Waals surface area (Å²) in [5.74, 6) is 1.51. The first-order chi connectivity index (χ1) is 17.3. The zero-order valence-corrected chi connectivity index (χ0v) is 22.9. The molecular formula is C28H44N8. The van der Waals surface area contributed by atoms with E-state index >= 15 is 0 Å². The molecule has 3 heterocycles. The second-order valence-corrected chi connectivity index (χ2v) is 10.8. The average Bonchev–Trinajstić information content (AvgIpc) is 3.28. The van der Waals surface area contributed by atoms with Crippen molar-refractivity contribution in [2.24, 2.45) is 0 Å². The van der Waals surface area contributed by atoms with Crippen LogP contribution in [0.2, 0.25) is 0 Å². The summed E-state index contributed by atoms with van der Waals surface area (Å²) in [6.07, 6.45) is 4.05. The van der Waals surface area contributed by atoms with Crippen LogP contribution >= 0.6 is 0 Å². The Labute approximate surface area is 216 Å². The Bertz CT molecular complexity index is 1080. The van der Waals surface area contributed by atoms with Gasteiger partial charge in [0.15, 0.2) is 17.0 Å². The minimum Gasteiger partial charge on any atom is -0.367 e. The molecule has 0 spiro atoms. The van der Waals surface area contributed by atoms with E-state index in [0.29, 0.717) is 24.1 Å². The number of piperidine rings is 1. The molecule has 1 aliphatic heterocycles. The Hall–Kier alpha value is -2.71. The molecule has 0 saturated carbocycles. The molecule has 4 rings (SSSR count). The van der Waals surface area contributed by atoms with Crippen LogP contribution in [0, 0.1) is 0 Å². The normalized spacial score (nSPS) is 15.6. The van der Waals surface area contributed by atoms with Crippen molar-refractivity contribution in [2.45, 2.75) is 85.1 Å². The van der Waals surface area contributed by atoms with E-state index in [4.69, 9.17) is 9.97 Å². The zero-order valence-electron chi connectivity index (χ0n) is 22.9. The van der Waals surface area contributed by atoms with Crippen LogP contribution in [-0.2, 0) is 6.54 Å². The van der Waals surface area contributed by atoms with Crippen LogP contribution in [0.3, 0.4) is 0 Å². The van der Waals surface area contributed by atoms with Gasteiger partial charge < -0.3 is 15.2 Å². The van der Waals surface area contributed by atoms with Gasteiger partial charge >= 0.3 is 0 Å². The fourth-order valence-corrected chi connectivity index (χ4v) is 5.16. The van der Waals surface area contributed by atoms with Crippen LogP contribution < -0.4 is 10.6 Å². The quantitative estimate of drug-likeness (QED) is 0.389.